The van der Waals surface area contributed by atoms with Crippen molar-refractivity contribution in [2.24, 2.45) is 0 Å². The van der Waals surface area contributed by atoms with Crippen LogP contribution in [0.3, 0.4) is 0 Å². The first-order chi connectivity index (χ1) is 4.85. The lowest BCUT2D eigenvalue weighted by Gasteiger charge is -2.10. The molecular formula is C9H15O. The molecule has 0 saturated heterocycles. The first kappa shape index (κ1) is 9.44. The molecule has 0 aliphatic carbocycles. The molecule has 1 radical (unpaired) electrons. The molecule has 0 bridgehead atoms. The number of ether oxygens (including phenoxy) is 1. The van der Waals surface area contributed by atoms with E-state index in [4.69, 9.17) is 4.74 Å². The summed E-state index contributed by atoms with van der Waals surface area (Å²) in [6.45, 7) is 9.97. The fraction of sp³-hybridized carbons (Fsp3) is 0.444. The Morgan fingerprint density at radius 1 is 1.30 bits per heavy atom. The first-order valence-corrected chi connectivity index (χ1v) is 3.54. The van der Waals surface area contributed by atoms with Gasteiger partial charge in [-0.15, -0.1) is 13.2 Å². The van der Waals surface area contributed by atoms with Crippen molar-refractivity contribution >= 4 is 0 Å². The predicted octanol–water partition coefficient (Wildman–Crippen LogP) is 2.71. The maximum absolute atomic E-state index is 5.30. The van der Waals surface area contributed by atoms with E-state index in [0.29, 0.717) is 0 Å². The summed E-state index contributed by atoms with van der Waals surface area (Å²) >= 11 is 0. The molecule has 57 valence electrons. The summed E-state index contributed by atoms with van der Waals surface area (Å²) in [7, 11) is 0. The number of hydrogen-bond acceptors (Lipinski definition) is 1. The molecular weight excluding hydrogens is 124 g/mol. The van der Waals surface area contributed by atoms with Crippen molar-refractivity contribution in [2.75, 3.05) is 6.61 Å². The maximum atomic E-state index is 5.30. The predicted molar refractivity (Wildman–Crippen MR) is 44.5 cm³/mol. The lowest BCUT2D eigenvalue weighted by Crippen LogP contribution is -2.00. The molecule has 10 heavy (non-hydrogen) atoms. The molecule has 0 aromatic carbocycles. The van der Waals surface area contributed by atoms with Gasteiger partial charge in [0.2, 0.25) is 0 Å². The van der Waals surface area contributed by atoms with Gasteiger partial charge in [-0.1, -0.05) is 12.2 Å². The molecule has 0 unspecified atom stereocenters. The van der Waals surface area contributed by atoms with Crippen molar-refractivity contribution in [2.45, 2.75) is 19.8 Å². The minimum atomic E-state index is 0.733. The Balaban J connectivity index is 3.48. The van der Waals surface area contributed by atoms with Crippen molar-refractivity contribution in [1.29, 1.82) is 0 Å². The Morgan fingerprint density at radius 2 is 1.80 bits per heavy atom. The van der Waals surface area contributed by atoms with E-state index in [1.54, 1.807) is 0 Å². The average Bonchev–Trinajstić information content (AvgIpc) is 1.90. The maximum Gasteiger partial charge on any atom is 0.104 e. The van der Waals surface area contributed by atoms with Crippen molar-refractivity contribution in [1.82, 2.24) is 0 Å². The second-order valence-corrected chi connectivity index (χ2v) is 1.96. The van der Waals surface area contributed by atoms with Crippen molar-refractivity contribution in [3.05, 3.63) is 31.4 Å². The Kier molecular flexibility index (Phi) is 6.19. The van der Waals surface area contributed by atoms with Gasteiger partial charge in [-0.05, 0) is 19.8 Å². The number of hydrogen-bond donors (Lipinski definition) is 0. The molecule has 0 aromatic heterocycles. The Labute approximate surface area is 63.4 Å². The van der Waals surface area contributed by atoms with Gasteiger partial charge < -0.3 is 4.74 Å². The van der Waals surface area contributed by atoms with Gasteiger partial charge >= 0.3 is 0 Å². The summed E-state index contributed by atoms with van der Waals surface area (Å²) in [6.07, 6.45) is 6.40. The van der Waals surface area contributed by atoms with Crippen LogP contribution < -0.4 is 0 Å². The van der Waals surface area contributed by atoms with Gasteiger partial charge in [0.1, 0.15) is 6.10 Å². The first-order valence-electron chi connectivity index (χ1n) is 3.54. The molecule has 0 amide bonds. The van der Waals surface area contributed by atoms with Gasteiger partial charge in [0, 0.05) is 6.61 Å². The van der Waals surface area contributed by atoms with Crippen LogP contribution in [0.1, 0.15) is 19.8 Å². The van der Waals surface area contributed by atoms with Crippen molar-refractivity contribution in [3.8, 4) is 0 Å². The SMILES string of the molecule is C=CC[C](CC=C)OCC. The Hall–Kier alpha value is -0.560. The Morgan fingerprint density at radius 3 is 2.10 bits per heavy atom. The van der Waals surface area contributed by atoms with Crippen LogP contribution in [0.4, 0.5) is 0 Å². The van der Waals surface area contributed by atoms with E-state index in [1.807, 2.05) is 19.1 Å². The van der Waals surface area contributed by atoms with Crippen LogP contribution in [0.25, 0.3) is 0 Å². The van der Waals surface area contributed by atoms with E-state index >= 15 is 0 Å². The topological polar surface area (TPSA) is 9.23 Å². The third-order valence-corrected chi connectivity index (χ3v) is 1.09. The standard InChI is InChI=1S/C9H15O/c1-4-7-9(8-5-2)10-6-3/h4-5H,1-2,6-8H2,3H3. The highest BCUT2D eigenvalue weighted by Crippen LogP contribution is 2.13. The zero-order chi connectivity index (χ0) is 7.82. The van der Waals surface area contributed by atoms with Crippen LogP contribution in [0.2, 0.25) is 0 Å². The molecule has 1 heteroatoms. The minimum absolute atomic E-state index is 0.733. The van der Waals surface area contributed by atoms with Crippen LogP contribution >= 0.6 is 0 Å². The van der Waals surface area contributed by atoms with Gasteiger partial charge in [0.25, 0.3) is 0 Å². The molecule has 0 aliphatic rings. The van der Waals surface area contributed by atoms with Crippen LogP contribution in [0, 0.1) is 6.10 Å². The zero-order valence-electron chi connectivity index (χ0n) is 6.60. The zero-order valence-corrected chi connectivity index (χ0v) is 6.60. The van der Waals surface area contributed by atoms with Crippen LogP contribution in [-0.2, 0) is 4.74 Å². The van der Waals surface area contributed by atoms with E-state index < -0.39 is 0 Å². The summed E-state index contributed by atoms with van der Waals surface area (Å²) in [4.78, 5) is 0. The van der Waals surface area contributed by atoms with Gasteiger partial charge in [-0.25, -0.2) is 0 Å². The summed E-state index contributed by atoms with van der Waals surface area (Å²) < 4.78 is 5.30. The highest BCUT2D eigenvalue weighted by molar-refractivity contribution is 4.92. The molecule has 1 nitrogen and oxygen atoms in total. The normalized spacial score (nSPS) is 9.80. The lowest BCUT2D eigenvalue weighted by molar-refractivity contribution is 0.153. The lowest BCUT2D eigenvalue weighted by atomic mass is 10.2. The molecule has 0 heterocycles. The van der Waals surface area contributed by atoms with Crippen LogP contribution in [0.15, 0.2) is 25.3 Å². The molecule has 0 spiro atoms. The average molecular weight is 139 g/mol. The van der Waals surface area contributed by atoms with E-state index in [1.165, 1.54) is 0 Å². The summed E-state index contributed by atoms with van der Waals surface area (Å²) in [5, 5.41) is 0. The second kappa shape index (κ2) is 6.56. The summed E-state index contributed by atoms with van der Waals surface area (Å²) in [6, 6.07) is 0. The monoisotopic (exact) mass is 139 g/mol. The molecule has 0 aliphatic heterocycles. The van der Waals surface area contributed by atoms with Gasteiger partial charge in [-0.2, -0.15) is 0 Å². The number of rotatable bonds is 6. The Bertz CT molecular complexity index is 86.9. The molecule has 0 atom stereocenters. The fourth-order valence-electron chi connectivity index (χ4n) is 0.727. The third-order valence-electron chi connectivity index (χ3n) is 1.09. The molecule has 0 saturated carbocycles. The van der Waals surface area contributed by atoms with Crippen molar-refractivity contribution < 1.29 is 4.74 Å². The van der Waals surface area contributed by atoms with Gasteiger partial charge in [-0.3, -0.25) is 0 Å². The minimum Gasteiger partial charge on any atom is -0.372 e. The smallest absolute Gasteiger partial charge is 0.104 e. The quantitative estimate of drug-likeness (QED) is 0.514. The van der Waals surface area contributed by atoms with E-state index in [2.05, 4.69) is 13.2 Å². The van der Waals surface area contributed by atoms with Gasteiger partial charge in [0.15, 0.2) is 0 Å². The summed E-state index contributed by atoms with van der Waals surface area (Å²) in [5.74, 6) is 0. The molecule has 0 aromatic rings. The second-order valence-electron chi connectivity index (χ2n) is 1.96. The molecule has 0 rings (SSSR count). The van der Waals surface area contributed by atoms with Crippen molar-refractivity contribution in [3.63, 3.8) is 0 Å². The van der Waals surface area contributed by atoms with Crippen LogP contribution in [0.5, 0.6) is 0 Å². The van der Waals surface area contributed by atoms with E-state index in [-0.39, 0.29) is 0 Å². The van der Waals surface area contributed by atoms with Crippen LogP contribution in [-0.4, -0.2) is 6.61 Å². The fourth-order valence-corrected chi connectivity index (χ4v) is 0.727. The molecule has 0 N–H and O–H groups in total. The van der Waals surface area contributed by atoms with E-state index in [9.17, 15) is 0 Å². The highest BCUT2D eigenvalue weighted by atomic mass is 16.5. The van der Waals surface area contributed by atoms with Gasteiger partial charge in [0.05, 0.1) is 0 Å². The largest absolute Gasteiger partial charge is 0.372 e. The van der Waals surface area contributed by atoms with E-state index in [0.717, 1.165) is 25.6 Å². The molecule has 0 fully saturated rings. The third kappa shape index (κ3) is 4.33. The summed E-state index contributed by atoms with van der Waals surface area (Å²) in [5.41, 5.74) is 0. The highest BCUT2D eigenvalue weighted by Gasteiger charge is 2.03.